The minimum Gasteiger partial charge on any atom is -0.299 e. The first-order valence-electron chi connectivity index (χ1n) is 9.59. The van der Waals surface area contributed by atoms with E-state index in [9.17, 15) is 4.39 Å². The van der Waals surface area contributed by atoms with Gasteiger partial charge in [-0.25, -0.2) is 9.37 Å². The van der Waals surface area contributed by atoms with Crippen molar-refractivity contribution in [3.05, 3.63) is 84.1 Å². The number of piperidine rings is 1. The molecule has 4 rings (SSSR count). The van der Waals surface area contributed by atoms with Crippen LogP contribution in [0, 0.1) is 11.7 Å². The SMILES string of the molecule is Fc1ccc(-c2cncc(CC3CCN(Cc4ccccc4)CC3)n2)cc1. The Labute approximate surface area is 159 Å². The molecule has 1 aliphatic heterocycles. The predicted octanol–water partition coefficient (Wildman–Crippen LogP) is 4.74. The molecular weight excluding hydrogens is 337 g/mol. The van der Waals surface area contributed by atoms with E-state index in [1.54, 1.807) is 18.3 Å². The largest absolute Gasteiger partial charge is 0.299 e. The third-order valence-corrected chi connectivity index (χ3v) is 5.28. The highest BCUT2D eigenvalue weighted by atomic mass is 19.1. The topological polar surface area (TPSA) is 29.0 Å². The molecule has 2 heterocycles. The number of halogens is 1. The van der Waals surface area contributed by atoms with Gasteiger partial charge in [0.15, 0.2) is 0 Å². The van der Waals surface area contributed by atoms with Gasteiger partial charge in [-0.2, -0.15) is 0 Å². The molecule has 0 bridgehead atoms. The van der Waals surface area contributed by atoms with Gasteiger partial charge in [0, 0.05) is 18.3 Å². The maximum atomic E-state index is 13.1. The smallest absolute Gasteiger partial charge is 0.123 e. The van der Waals surface area contributed by atoms with E-state index >= 15 is 0 Å². The normalized spacial score (nSPS) is 15.7. The Morgan fingerprint density at radius 3 is 2.41 bits per heavy atom. The molecule has 2 aromatic carbocycles. The van der Waals surface area contributed by atoms with Crippen LogP contribution in [0.3, 0.4) is 0 Å². The van der Waals surface area contributed by atoms with Gasteiger partial charge in [-0.05, 0) is 68.1 Å². The molecule has 138 valence electrons. The van der Waals surface area contributed by atoms with Gasteiger partial charge in [0.2, 0.25) is 0 Å². The average molecular weight is 361 g/mol. The number of rotatable bonds is 5. The van der Waals surface area contributed by atoms with Crippen LogP contribution in [0.1, 0.15) is 24.1 Å². The van der Waals surface area contributed by atoms with Crippen LogP contribution < -0.4 is 0 Å². The van der Waals surface area contributed by atoms with Crippen LogP contribution in [0.5, 0.6) is 0 Å². The number of benzene rings is 2. The summed E-state index contributed by atoms with van der Waals surface area (Å²) in [4.78, 5) is 11.6. The van der Waals surface area contributed by atoms with Crippen molar-refractivity contribution in [1.82, 2.24) is 14.9 Å². The first-order valence-corrected chi connectivity index (χ1v) is 9.59. The summed E-state index contributed by atoms with van der Waals surface area (Å²) in [5.74, 6) is 0.417. The minimum atomic E-state index is -0.231. The van der Waals surface area contributed by atoms with Crippen LogP contribution >= 0.6 is 0 Å². The summed E-state index contributed by atoms with van der Waals surface area (Å²) in [6.45, 7) is 3.29. The molecule has 0 spiro atoms. The lowest BCUT2D eigenvalue weighted by molar-refractivity contribution is 0.176. The maximum Gasteiger partial charge on any atom is 0.123 e. The quantitative estimate of drug-likeness (QED) is 0.657. The second-order valence-electron chi connectivity index (χ2n) is 7.31. The molecule has 1 aliphatic rings. The molecule has 1 saturated heterocycles. The summed E-state index contributed by atoms with van der Waals surface area (Å²) >= 11 is 0. The van der Waals surface area contributed by atoms with E-state index in [0.717, 1.165) is 43.0 Å². The van der Waals surface area contributed by atoms with Gasteiger partial charge >= 0.3 is 0 Å². The van der Waals surface area contributed by atoms with E-state index in [2.05, 4.69) is 40.2 Å². The first kappa shape index (κ1) is 17.8. The van der Waals surface area contributed by atoms with Gasteiger partial charge in [-0.3, -0.25) is 9.88 Å². The fourth-order valence-electron chi connectivity index (χ4n) is 3.75. The lowest BCUT2D eigenvalue weighted by atomic mass is 9.92. The summed E-state index contributed by atoms with van der Waals surface area (Å²) in [7, 11) is 0. The standard InChI is InChI=1S/C23H24FN3/c24-21-8-6-20(7-9-21)23-16-25-15-22(26-23)14-18-10-12-27(13-11-18)17-19-4-2-1-3-5-19/h1-9,15-16,18H,10-14,17H2. The number of aromatic nitrogens is 2. The van der Waals surface area contributed by atoms with Crippen LogP contribution in [0.15, 0.2) is 67.0 Å². The van der Waals surface area contributed by atoms with Gasteiger partial charge in [0.1, 0.15) is 5.82 Å². The van der Waals surface area contributed by atoms with Crippen molar-refractivity contribution in [2.24, 2.45) is 5.92 Å². The van der Waals surface area contributed by atoms with E-state index in [1.165, 1.54) is 30.5 Å². The molecule has 0 saturated carbocycles. The molecule has 1 aromatic heterocycles. The van der Waals surface area contributed by atoms with E-state index in [-0.39, 0.29) is 5.82 Å². The van der Waals surface area contributed by atoms with Crippen LogP contribution in [0.4, 0.5) is 4.39 Å². The summed E-state index contributed by atoms with van der Waals surface area (Å²) in [6.07, 6.45) is 6.95. The monoisotopic (exact) mass is 361 g/mol. The van der Waals surface area contributed by atoms with Crippen molar-refractivity contribution in [3.8, 4) is 11.3 Å². The molecule has 0 aliphatic carbocycles. The summed E-state index contributed by atoms with van der Waals surface area (Å²) in [6, 6.07) is 17.1. The molecule has 0 atom stereocenters. The van der Waals surface area contributed by atoms with E-state index < -0.39 is 0 Å². The third kappa shape index (κ3) is 4.77. The zero-order chi connectivity index (χ0) is 18.5. The molecule has 0 radical (unpaired) electrons. The van der Waals surface area contributed by atoms with Crippen molar-refractivity contribution in [3.63, 3.8) is 0 Å². The van der Waals surface area contributed by atoms with Gasteiger partial charge in [0.25, 0.3) is 0 Å². The molecular formula is C23H24FN3. The number of nitrogens with zero attached hydrogens (tertiary/aromatic N) is 3. The van der Waals surface area contributed by atoms with Crippen molar-refractivity contribution in [2.75, 3.05) is 13.1 Å². The number of likely N-dealkylation sites (tertiary alicyclic amines) is 1. The summed E-state index contributed by atoms with van der Waals surface area (Å²) in [5.41, 5.74) is 4.13. The number of hydrogen-bond acceptors (Lipinski definition) is 3. The van der Waals surface area contributed by atoms with E-state index in [1.807, 2.05) is 6.20 Å². The van der Waals surface area contributed by atoms with Crippen molar-refractivity contribution >= 4 is 0 Å². The molecule has 0 amide bonds. The molecule has 0 N–H and O–H groups in total. The van der Waals surface area contributed by atoms with Gasteiger partial charge in [-0.1, -0.05) is 30.3 Å². The maximum absolute atomic E-state index is 13.1. The Morgan fingerprint density at radius 1 is 0.926 bits per heavy atom. The Hall–Kier alpha value is -2.59. The van der Waals surface area contributed by atoms with Crippen molar-refractivity contribution in [2.45, 2.75) is 25.8 Å². The lowest BCUT2D eigenvalue weighted by Crippen LogP contribution is -2.33. The highest BCUT2D eigenvalue weighted by molar-refractivity contribution is 5.57. The zero-order valence-corrected chi connectivity index (χ0v) is 15.4. The van der Waals surface area contributed by atoms with E-state index in [0.29, 0.717) is 5.92 Å². The lowest BCUT2D eigenvalue weighted by Gasteiger charge is -2.31. The Kier molecular flexibility index (Phi) is 5.54. The fraction of sp³-hybridized carbons (Fsp3) is 0.304. The average Bonchev–Trinajstić information content (AvgIpc) is 2.71. The van der Waals surface area contributed by atoms with Gasteiger partial charge in [0.05, 0.1) is 17.6 Å². The highest BCUT2D eigenvalue weighted by Crippen LogP contribution is 2.23. The second-order valence-corrected chi connectivity index (χ2v) is 7.31. The highest BCUT2D eigenvalue weighted by Gasteiger charge is 2.20. The van der Waals surface area contributed by atoms with Gasteiger partial charge in [-0.15, -0.1) is 0 Å². The van der Waals surface area contributed by atoms with Gasteiger partial charge < -0.3 is 0 Å². The van der Waals surface area contributed by atoms with Crippen LogP contribution in [-0.4, -0.2) is 28.0 Å². The molecule has 0 unspecified atom stereocenters. The molecule has 1 fully saturated rings. The summed E-state index contributed by atoms with van der Waals surface area (Å²) in [5, 5.41) is 0. The zero-order valence-electron chi connectivity index (χ0n) is 15.4. The summed E-state index contributed by atoms with van der Waals surface area (Å²) < 4.78 is 13.1. The van der Waals surface area contributed by atoms with E-state index in [4.69, 9.17) is 4.98 Å². The molecule has 3 nitrogen and oxygen atoms in total. The second kappa shape index (κ2) is 8.40. The molecule has 4 heteroatoms. The van der Waals surface area contributed by atoms with Crippen molar-refractivity contribution < 1.29 is 4.39 Å². The fourth-order valence-corrected chi connectivity index (χ4v) is 3.75. The minimum absolute atomic E-state index is 0.231. The molecule has 27 heavy (non-hydrogen) atoms. The predicted molar refractivity (Wildman–Crippen MR) is 106 cm³/mol. The molecule has 3 aromatic rings. The first-order chi connectivity index (χ1) is 13.3. The third-order valence-electron chi connectivity index (χ3n) is 5.28. The van der Waals surface area contributed by atoms with Crippen LogP contribution in [0.25, 0.3) is 11.3 Å². The van der Waals surface area contributed by atoms with Crippen molar-refractivity contribution in [1.29, 1.82) is 0 Å². The number of hydrogen-bond donors (Lipinski definition) is 0. The Balaban J connectivity index is 1.34. The Morgan fingerprint density at radius 2 is 1.67 bits per heavy atom. The Bertz CT molecular complexity index is 856. The van der Waals surface area contributed by atoms with Crippen LogP contribution in [0.2, 0.25) is 0 Å². The van der Waals surface area contributed by atoms with Crippen LogP contribution in [-0.2, 0) is 13.0 Å².